The Hall–Kier alpha value is -2.40. The van der Waals surface area contributed by atoms with Gasteiger partial charge < -0.3 is 10.0 Å². The number of pyridine rings is 1. The van der Waals surface area contributed by atoms with E-state index in [2.05, 4.69) is 4.98 Å². The van der Waals surface area contributed by atoms with E-state index in [0.29, 0.717) is 17.4 Å². The van der Waals surface area contributed by atoms with E-state index >= 15 is 0 Å². The minimum Gasteiger partial charge on any atom is -0.481 e. The number of carbonyl (C=O) groups is 2. The number of carboxylic acid groups (broad SMARTS) is 1. The summed E-state index contributed by atoms with van der Waals surface area (Å²) >= 11 is 6.06. The SMILES string of the molecule is O=C(O)C[C@H]1CC[C@@H](c2ccc(Cl)cc2)N(C(c2ccccn2)C2CC2)C1=O. The van der Waals surface area contributed by atoms with E-state index < -0.39 is 11.9 Å². The van der Waals surface area contributed by atoms with Crippen LogP contribution in [0.3, 0.4) is 0 Å². The third-order valence-electron chi connectivity index (χ3n) is 5.76. The molecule has 0 radical (unpaired) electrons. The van der Waals surface area contributed by atoms with Crippen LogP contribution < -0.4 is 0 Å². The molecule has 2 heterocycles. The van der Waals surface area contributed by atoms with Crippen molar-refractivity contribution in [2.45, 2.75) is 44.2 Å². The molecule has 2 aliphatic rings. The molecule has 3 atom stereocenters. The van der Waals surface area contributed by atoms with Crippen molar-refractivity contribution in [1.82, 2.24) is 9.88 Å². The van der Waals surface area contributed by atoms with Crippen molar-refractivity contribution in [1.29, 1.82) is 0 Å². The van der Waals surface area contributed by atoms with E-state index in [9.17, 15) is 14.7 Å². The number of amides is 1. The van der Waals surface area contributed by atoms with E-state index in [1.54, 1.807) is 6.20 Å². The second-order valence-electron chi connectivity index (χ2n) is 7.72. The van der Waals surface area contributed by atoms with Gasteiger partial charge in [0.1, 0.15) is 0 Å². The molecular weight excluding hydrogens is 376 g/mol. The van der Waals surface area contributed by atoms with Crippen molar-refractivity contribution < 1.29 is 14.7 Å². The van der Waals surface area contributed by atoms with Crippen LogP contribution in [0.1, 0.15) is 55.4 Å². The average Bonchev–Trinajstić information content (AvgIpc) is 3.51. The van der Waals surface area contributed by atoms with Crippen molar-refractivity contribution in [2.75, 3.05) is 0 Å². The quantitative estimate of drug-likeness (QED) is 0.769. The number of piperidine rings is 1. The zero-order chi connectivity index (χ0) is 19.7. The lowest BCUT2D eigenvalue weighted by Crippen LogP contribution is -2.46. The Bertz CT molecular complexity index is 852. The van der Waals surface area contributed by atoms with Crippen LogP contribution in [0.15, 0.2) is 48.7 Å². The molecule has 2 fully saturated rings. The van der Waals surface area contributed by atoms with Crippen LogP contribution in [0.5, 0.6) is 0 Å². The molecule has 4 rings (SSSR count). The minimum atomic E-state index is -0.927. The van der Waals surface area contributed by atoms with Gasteiger partial charge in [0.15, 0.2) is 0 Å². The Morgan fingerprint density at radius 1 is 1.14 bits per heavy atom. The molecule has 1 aromatic heterocycles. The molecule has 1 saturated carbocycles. The lowest BCUT2D eigenvalue weighted by molar-refractivity contribution is -0.152. The van der Waals surface area contributed by atoms with E-state index in [-0.39, 0.29) is 24.4 Å². The normalized spacial score (nSPS) is 23.5. The van der Waals surface area contributed by atoms with Gasteiger partial charge in [0.05, 0.1) is 24.2 Å². The molecule has 1 aromatic carbocycles. The Labute approximate surface area is 169 Å². The van der Waals surface area contributed by atoms with Crippen LogP contribution in [0.4, 0.5) is 0 Å². The first-order valence-corrected chi connectivity index (χ1v) is 10.1. The molecule has 28 heavy (non-hydrogen) atoms. The van der Waals surface area contributed by atoms with Crippen LogP contribution >= 0.6 is 11.6 Å². The fourth-order valence-electron chi connectivity index (χ4n) is 4.30. The van der Waals surface area contributed by atoms with Gasteiger partial charge >= 0.3 is 5.97 Å². The van der Waals surface area contributed by atoms with Gasteiger partial charge in [0.2, 0.25) is 5.91 Å². The number of aliphatic carboxylic acids is 1. The Morgan fingerprint density at radius 2 is 1.89 bits per heavy atom. The van der Waals surface area contributed by atoms with Gasteiger partial charge in [-0.3, -0.25) is 14.6 Å². The number of carboxylic acids is 1. The third kappa shape index (κ3) is 3.90. The molecule has 146 valence electrons. The highest BCUT2D eigenvalue weighted by molar-refractivity contribution is 6.30. The molecule has 5 nitrogen and oxygen atoms in total. The Balaban J connectivity index is 1.74. The van der Waals surface area contributed by atoms with E-state index in [1.165, 1.54) is 0 Å². The summed E-state index contributed by atoms with van der Waals surface area (Å²) in [5.74, 6) is -1.11. The summed E-state index contributed by atoms with van der Waals surface area (Å²) in [4.78, 5) is 31.2. The van der Waals surface area contributed by atoms with Crippen molar-refractivity contribution in [3.63, 3.8) is 0 Å². The molecule has 0 spiro atoms. The number of aromatic nitrogens is 1. The van der Waals surface area contributed by atoms with Crippen molar-refractivity contribution in [3.8, 4) is 0 Å². The summed E-state index contributed by atoms with van der Waals surface area (Å²) < 4.78 is 0. The lowest BCUT2D eigenvalue weighted by atomic mass is 9.84. The first-order chi connectivity index (χ1) is 13.5. The predicted octanol–water partition coefficient (Wildman–Crippen LogP) is 4.64. The number of likely N-dealkylation sites (tertiary alicyclic amines) is 1. The summed E-state index contributed by atoms with van der Waals surface area (Å²) in [6, 6.07) is 13.2. The number of nitrogens with zero attached hydrogens (tertiary/aromatic N) is 2. The van der Waals surface area contributed by atoms with Gasteiger partial charge in [0, 0.05) is 17.1 Å². The highest BCUT2D eigenvalue weighted by Gasteiger charge is 2.46. The topological polar surface area (TPSA) is 70.5 Å². The van der Waals surface area contributed by atoms with Gasteiger partial charge in [-0.25, -0.2) is 0 Å². The largest absolute Gasteiger partial charge is 0.481 e. The Kier molecular flexibility index (Phi) is 5.36. The summed E-state index contributed by atoms with van der Waals surface area (Å²) in [5.41, 5.74) is 1.92. The second-order valence-corrected chi connectivity index (χ2v) is 8.16. The summed E-state index contributed by atoms with van der Waals surface area (Å²) in [7, 11) is 0. The van der Waals surface area contributed by atoms with E-state index in [0.717, 1.165) is 30.5 Å². The van der Waals surface area contributed by atoms with Gasteiger partial charge in [0.25, 0.3) is 0 Å². The molecule has 1 aliphatic heterocycles. The third-order valence-corrected chi connectivity index (χ3v) is 6.01. The zero-order valence-corrected chi connectivity index (χ0v) is 16.3. The fraction of sp³-hybridized carbons (Fsp3) is 0.409. The monoisotopic (exact) mass is 398 g/mol. The first kappa shape index (κ1) is 18.9. The minimum absolute atomic E-state index is 0.0730. The molecular formula is C22H23ClN2O3. The van der Waals surface area contributed by atoms with Crippen molar-refractivity contribution >= 4 is 23.5 Å². The smallest absolute Gasteiger partial charge is 0.304 e. The van der Waals surface area contributed by atoms with Crippen molar-refractivity contribution in [2.24, 2.45) is 11.8 Å². The Morgan fingerprint density at radius 3 is 2.50 bits per heavy atom. The van der Waals surface area contributed by atoms with Crippen molar-refractivity contribution in [3.05, 3.63) is 64.9 Å². The predicted molar refractivity (Wildman–Crippen MR) is 106 cm³/mol. The molecule has 1 aliphatic carbocycles. The van der Waals surface area contributed by atoms with Crippen LogP contribution in [0.25, 0.3) is 0 Å². The number of halogens is 1. The first-order valence-electron chi connectivity index (χ1n) is 9.75. The maximum absolute atomic E-state index is 13.5. The summed E-state index contributed by atoms with van der Waals surface area (Å²) in [6.07, 6.45) is 5.06. The van der Waals surface area contributed by atoms with Gasteiger partial charge in [-0.05, 0) is 61.4 Å². The van der Waals surface area contributed by atoms with E-state index in [4.69, 9.17) is 11.6 Å². The molecule has 1 unspecified atom stereocenters. The number of carbonyl (C=O) groups excluding carboxylic acids is 1. The molecule has 1 amide bonds. The number of hydrogen-bond donors (Lipinski definition) is 1. The average molecular weight is 399 g/mol. The summed E-state index contributed by atoms with van der Waals surface area (Å²) in [5, 5.41) is 9.92. The lowest BCUT2D eigenvalue weighted by Gasteiger charge is -2.44. The van der Waals surface area contributed by atoms with Gasteiger partial charge in [-0.15, -0.1) is 0 Å². The molecule has 6 heteroatoms. The van der Waals surface area contributed by atoms with Gasteiger partial charge in [-0.2, -0.15) is 0 Å². The summed E-state index contributed by atoms with van der Waals surface area (Å²) in [6.45, 7) is 0. The van der Waals surface area contributed by atoms with E-state index in [1.807, 2.05) is 47.4 Å². The van der Waals surface area contributed by atoms with Crippen LogP contribution in [0, 0.1) is 11.8 Å². The van der Waals surface area contributed by atoms with Gasteiger partial charge in [-0.1, -0.05) is 29.8 Å². The molecule has 1 saturated heterocycles. The highest BCUT2D eigenvalue weighted by Crippen LogP contribution is 2.50. The molecule has 2 aromatic rings. The maximum atomic E-state index is 13.5. The zero-order valence-electron chi connectivity index (χ0n) is 15.5. The second kappa shape index (κ2) is 7.92. The number of benzene rings is 1. The molecule has 1 N–H and O–H groups in total. The van der Waals surface area contributed by atoms with Crippen LogP contribution in [0.2, 0.25) is 5.02 Å². The van der Waals surface area contributed by atoms with Crippen LogP contribution in [-0.2, 0) is 9.59 Å². The highest BCUT2D eigenvalue weighted by atomic mass is 35.5. The maximum Gasteiger partial charge on any atom is 0.304 e. The standard InChI is InChI=1S/C22H23ClN2O3/c23-17-9-6-14(7-10-17)19-11-8-16(13-20(26)27)22(28)25(19)21(15-4-5-15)18-3-1-2-12-24-18/h1-3,6-7,9-10,12,15-16,19,21H,4-5,8,11,13H2,(H,26,27)/t16-,19+,21?/m1/s1. The molecule has 0 bridgehead atoms. The van der Waals surface area contributed by atoms with Crippen LogP contribution in [-0.4, -0.2) is 26.9 Å². The number of rotatable bonds is 6. The fourth-order valence-corrected chi connectivity index (χ4v) is 4.43. The number of hydrogen-bond acceptors (Lipinski definition) is 3.